The number of aliphatic hydroxyl groups is 1. The molecule has 1 aliphatic carbocycles. The molecule has 0 bridgehead atoms. The van der Waals surface area contributed by atoms with Gasteiger partial charge in [-0.1, -0.05) is 45.0 Å². The maximum Gasteiger partial charge on any atom is 0.231 e. The standard InChI is InChI=1S/C24H29NO5/c1-23(2,3)16-4-6-17(7-5-16)24(10-11-24)22(27)25-13-18(26)14-28-19-8-9-20-21(12-19)30-15-29-20/h4-9,12,18,26H,10-11,13-15H2,1-3H3,(H,25,27). The summed E-state index contributed by atoms with van der Waals surface area (Å²) in [7, 11) is 0. The van der Waals surface area contributed by atoms with E-state index in [-0.39, 0.29) is 31.3 Å². The Morgan fingerprint density at radius 3 is 2.50 bits per heavy atom. The van der Waals surface area contributed by atoms with Gasteiger partial charge < -0.3 is 24.6 Å². The third kappa shape index (κ3) is 4.24. The van der Waals surface area contributed by atoms with E-state index in [1.54, 1.807) is 18.2 Å². The van der Waals surface area contributed by atoms with E-state index < -0.39 is 11.5 Å². The van der Waals surface area contributed by atoms with E-state index in [0.29, 0.717) is 17.2 Å². The lowest BCUT2D eigenvalue weighted by Gasteiger charge is -2.21. The number of ether oxygens (including phenoxy) is 3. The topological polar surface area (TPSA) is 77.0 Å². The molecule has 2 aromatic rings. The number of nitrogens with one attached hydrogen (secondary N) is 1. The maximum absolute atomic E-state index is 12.8. The first kappa shape index (κ1) is 20.5. The third-order valence-corrected chi connectivity index (χ3v) is 5.77. The van der Waals surface area contributed by atoms with Crippen molar-refractivity contribution in [1.82, 2.24) is 5.32 Å². The zero-order valence-electron chi connectivity index (χ0n) is 17.7. The minimum atomic E-state index is -0.807. The summed E-state index contributed by atoms with van der Waals surface area (Å²) < 4.78 is 16.2. The summed E-state index contributed by atoms with van der Waals surface area (Å²) in [6.45, 7) is 6.95. The van der Waals surface area contributed by atoms with Gasteiger partial charge in [0.1, 0.15) is 18.5 Å². The summed E-state index contributed by atoms with van der Waals surface area (Å²) >= 11 is 0. The first-order chi connectivity index (χ1) is 14.3. The van der Waals surface area contributed by atoms with Crippen molar-refractivity contribution < 1.29 is 24.1 Å². The minimum Gasteiger partial charge on any atom is -0.491 e. The largest absolute Gasteiger partial charge is 0.491 e. The van der Waals surface area contributed by atoms with Crippen molar-refractivity contribution in [2.24, 2.45) is 0 Å². The summed E-state index contributed by atoms with van der Waals surface area (Å²) in [6, 6.07) is 13.6. The Hall–Kier alpha value is -2.73. The zero-order valence-corrected chi connectivity index (χ0v) is 17.7. The van der Waals surface area contributed by atoms with Gasteiger partial charge in [-0.2, -0.15) is 0 Å². The highest BCUT2D eigenvalue weighted by Crippen LogP contribution is 2.48. The number of hydrogen-bond donors (Lipinski definition) is 2. The van der Waals surface area contributed by atoms with Crippen LogP contribution in [0.2, 0.25) is 0 Å². The van der Waals surface area contributed by atoms with Crippen LogP contribution >= 0.6 is 0 Å². The summed E-state index contributed by atoms with van der Waals surface area (Å²) in [4.78, 5) is 12.8. The van der Waals surface area contributed by atoms with Crippen LogP contribution in [0.3, 0.4) is 0 Å². The molecule has 1 amide bonds. The Bertz CT molecular complexity index is 912. The van der Waals surface area contributed by atoms with Gasteiger partial charge in [0.2, 0.25) is 12.7 Å². The highest BCUT2D eigenvalue weighted by molar-refractivity contribution is 5.91. The molecule has 0 spiro atoms. The fourth-order valence-corrected chi connectivity index (χ4v) is 3.66. The van der Waals surface area contributed by atoms with Crippen molar-refractivity contribution >= 4 is 5.91 Å². The van der Waals surface area contributed by atoms with Crippen molar-refractivity contribution in [3.63, 3.8) is 0 Å². The van der Waals surface area contributed by atoms with Crippen LogP contribution in [0.5, 0.6) is 17.2 Å². The van der Waals surface area contributed by atoms with Crippen LogP contribution in [0.25, 0.3) is 0 Å². The molecule has 0 radical (unpaired) electrons. The number of carbonyl (C=O) groups is 1. The lowest BCUT2D eigenvalue weighted by molar-refractivity contribution is -0.124. The lowest BCUT2D eigenvalue weighted by atomic mass is 9.85. The molecule has 160 valence electrons. The Kier molecular flexibility index (Phi) is 5.36. The number of carbonyl (C=O) groups excluding carboxylic acids is 1. The third-order valence-electron chi connectivity index (χ3n) is 5.77. The Morgan fingerprint density at radius 1 is 1.13 bits per heavy atom. The molecule has 0 saturated heterocycles. The number of benzene rings is 2. The number of amides is 1. The molecule has 1 unspecified atom stereocenters. The van der Waals surface area contributed by atoms with Crippen molar-refractivity contribution in [2.45, 2.75) is 50.5 Å². The van der Waals surface area contributed by atoms with Gasteiger partial charge in [0, 0.05) is 12.6 Å². The van der Waals surface area contributed by atoms with E-state index in [0.717, 1.165) is 18.4 Å². The number of fused-ring (bicyclic) bond motifs is 1. The highest BCUT2D eigenvalue weighted by Gasteiger charge is 2.51. The van der Waals surface area contributed by atoms with Crippen LogP contribution in [0.4, 0.5) is 0 Å². The molecule has 1 heterocycles. The van der Waals surface area contributed by atoms with Crippen LogP contribution in [-0.4, -0.2) is 37.1 Å². The van der Waals surface area contributed by atoms with Gasteiger partial charge in [-0.15, -0.1) is 0 Å². The molecule has 1 fully saturated rings. The van der Waals surface area contributed by atoms with Gasteiger partial charge in [-0.25, -0.2) is 0 Å². The molecule has 2 aliphatic rings. The second-order valence-corrected chi connectivity index (χ2v) is 9.10. The second-order valence-electron chi connectivity index (χ2n) is 9.10. The van der Waals surface area contributed by atoms with E-state index in [9.17, 15) is 9.90 Å². The Balaban J connectivity index is 1.28. The number of aliphatic hydroxyl groups excluding tert-OH is 1. The highest BCUT2D eigenvalue weighted by atomic mass is 16.7. The SMILES string of the molecule is CC(C)(C)c1ccc(C2(C(=O)NCC(O)COc3ccc4c(c3)OCO4)CC2)cc1. The van der Waals surface area contributed by atoms with E-state index in [1.165, 1.54) is 5.56 Å². The summed E-state index contributed by atoms with van der Waals surface area (Å²) in [6.07, 6.45) is 0.855. The van der Waals surface area contributed by atoms with E-state index in [4.69, 9.17) is 14.2 Å². The van der Waals surface area contributed by atoms with E-state index in [2.05, 4.69) is 50.4 Å². The zero-order chi connectivity index (χ0) is 21.4. The van der Waals surface area contributed by atoms with Crippen molar-refractivity contribution in [3.8, 4) is 17.2 Å². The minimum absolute atomic E-state index is 0.0341. The van der Waals surface area contributed by atoms with Gasteiger partial charge in [0.25, 0.3) is 0 Å². The van der Waals surface area contributed by atoms with Gasteiger partial charge >= 0.3 is 0 Å². The van der Waals surface area contributed by atoms with Crippen LogP contribution in [-0.2, 0) is 15.6 Å². The monoisotopic (exact) mass is 411 g/mol. The van der Waals surface area contributed by atoms with Gasteiger partial charge in [0.05, 0.1) is 5.41 Å². The Morgan fingerprint density at radius 2 is 1.83 bits per heavy atom. The van der Waals surface area contributed by atoms with Gasteiger partial charge in [-0.05, 0) is 41.5 Å². The van der Waals surface area contributed by atoms with E-state index >= 15 is 0 Å². The second kappa shape index (κ2) is 7.84. The van der Waals surface area contributed by atoms with Crippen molar-refractivity contribution in [2.75, 3.05) is 19.9 Å². The summed E-state index contributed by atoms with van der Waals surface area (Å²) in [5.74, 6) is 1.86. The molecule has 2 aromatic carbocycles. The molecule has 2 N–H and O–H groups in total. The summed E-state index contributed by atoms with van der Waals surface area (Å²) in [5, 5.41) is 13.1. The molecular formula is C24H29NO5. The first-order valence-electron chi connectivity index (χ1n) is 10.4. The average molecular weight is 411 g/mol. The van der Waals surface area contributed by atoms with Crippen LogP contribution in [0.1, 0.15) is 44.7 Å². The molecule has 1 atom stereocenters. The quantitative estimate of drug-likeness (QED) is 0.731. The van der Waals surface area contributed by atoms with E-state index in [1.807, 2.05) is 0 Å². The molecule has 30 heavy (non-hydrogen) atoms. The lowest BCUT2D eigenvalue weighted by Crippen LogP contribution is -2.40. The fourth-order valence-electron chi connectivity index (χ4n) is 3.66. The smallest absolute Gasteiger partial charge is 0.231 e. The van der Waals surface area contributed by atoms with Gasteiger partial charge in [-0.3, -0.25) is 4.79 Å². The molecule has 1 saturated carbocycles. The van der Waals surface area contributed by atoms with Crippen LogP contribution in [0, 0.1) is 0 Å². The van der Waals surface area contributed by atoms with Crippen molar-refractivity contribution in [1.29, 1.82) is 0 Å². The number of hydrogen-bond acceptors (Lipinski definition) is 5. The molecule has 6 nitrogen and oxygen atoms in total. The predicted octanol–water partition coefficient (Wildman–Crippen LogP) is 3.30. The molecule has 1 aliphatic heterocycles. The maximum atomic E-state index is 12.8. The fraction of sp³-hybridized carbons (Fsp3) is 0.458. The van der Waals surface area contributed by atoms with Crippen LogP contribution in [0.15, 0.2) is 42.5 Å². The molecule has 4 rings (SSSR count). The molecular weight excluding hydrogens is 382 g/mol. The predicted molar refractivity (Wildman–Crippen MR) is 113 cm³/mol. The summed E-state index contributed by atoms with van der Waals surface area (Å²) in [5.41, 5.74) is 1.91. The van der Waals surface area contributed by atoms with Crippen molar-refractivity contribution in [3.05, 3.63) is 53.6 Å². The number of rotatable bonds is 7. The molecule has 0 aromatic heterocycles. The Labute approximate surface area is 177 Å². The van der Waals surface area contributed by atoms with Gasteiger partial charge in [0.15, 0.2) is 11.5 Å². The average Bonchev–Trinajstić information content (AvgIpc) is 3.41. The normalized spacial score (nSPS) is 17.3. The molecule has 6 heteroatoms. The van der Waals surface area contributed by atoms with Crippen LogP contribution < -0.4 is 19.5 Å². The first-order valence-corrected chi connectivity index (χ1v) is 10.4.